The fourth-order valence-corrected chi connectivity index (χ4v) is 2.78. The number of rotatable bonds is 6. The van der Waals surface area contributed by atoms with Crippen molar-refractivity contribution < 1.29 is 4.74 Å². The van der Waals surface area contributed by atoms with Crippen molar-refractivity contribution in [3.05, 3.63) is 30.5 Å². The van der Waals surface area contributed by atoms with Crippen LogP contribution in [0.2, 0.25) is 0 Å². The number of pyridine rings is 1. The minimum absolute atomic E-state index is 0.731. The number of ether oxygens (including phenoxy) is 1. The van der Waals surface area contributed by atoms with Gasteiger partial charge in [-0.2, -0.15) is 0 Å². The Labute approximate surface area is 120 Å². The molecule has 2 aromatic rings. The van der Waals surface area contributed by atoms with Crippen molar-refractivity contribution in [1.29, 1.82) is 0 Å². The molecule has 4 heteroatoms. The van der Waals surface area contributed by atoms with Crippen LogP contribution in [-0.2, 0) is 0 Å². The largest absolute Gasteiger partial charge is 0.477 e. The maximum atomic E-state index is 5.73. The highest BCUT2D eigenvalue weighted by atomic mass is 16.5. The first-order valence-corrected chi connectivity index (χ1v) is 7.71. The van der Waals surface area contributed by atoms with Crippen molar-refractivity contribution in [2.75, 3.05) is 26.2 Å². The summed E-state index contributed by atoms with van der Waals surface area (Å²) in [6.45, 7) is 4.55. The second-order valence-corrected chi connectivity index (χ2v) is 5.51. The number of hydrogen-bond donors (Lipinski definition) is 0. The number of hydrogen-bond acceptors (Lipinski definition) is 3. The van der Waals surface area contributed by atoms with Crippen molar-refractivity contribution in [2.45, 2.75) is 32.1 Å². The monoisotopic (exact) mass is 273 g/mol. The van der Waals surface area contributed by atoms with Crippen molar-refractivity contribution in [2.24, 2.45) is 0 Å². The Bertz CT molecular complexity index is 498. The molecule has 0 bridgehead atoms. The molecular weight excluding hydrogens is 250 g/mol. The molecule has 1 saturated heterocycles. The van der Waals surface area contributed by atoms with E-state index in [4.69, 9.17) is 4.74 Å². The number of unbranched alkanes of at least 4 members (excludes halogenated alkanes) is 1. The van der Waals surface area contributed by atoms with Crippen LogP contribution in [0.5, 0.6) is 5.88 Å². The zero-order valence-corrected chi connectivity index (χ0v) is 12.0. The van der Waals surface area contributed by atoms with Crippen molar-refractivity contribution in [1.82, 2.24) is 14.5 Å². The average molecular weight is 273 g/mol. The highest BCUT2D eigenvalue weighted by Crippen LogP contribution is 2.13. The van der Waals surface area contributed by atoms with E-state index in [1.807, 2.05) is 35.0 Å². The van der Waals surface area contributed by atoms with E-state index in [1.54, 1.807) is 0 Å². The van der Waals surface area contributed by atoms with Crippen LogP contribution in [0, 0.1) is 0 Å². The zero-order chi connectivity index (χ0) is 13.6. The van der Waals surface area contributed by atoms with E-state index in [2.05, 4.69) is 10.00 Å². The normalized spacial score (nSPS) is 16.6. The Morgan fingerprint density at radius 1 is 1.10 bits per heavy atom. The fourth-order valence-electron chi connectivity index (χ4n) is 2.78. The fraction of sp³-hybridized carbons (Fsp3) is 0.562. The van der Waals surface area contributed by atoms with Crippen LogP contribution in [0.4, 0.5) is 0 Å². The van der Waals surface area contributed by atoms with Crippen molar-refractivity contribution in [3.63, 3.8) is 0 Å². The maximum Gasteiger partial charge on any atom is 0.233 e. The number of piperidine rings is 1. The van der Waals surface area contributed by atoms with Crippen LogP contribution >= 0.6 is 0 Å². The highest BCUT2D eigenvalue weighted by molar-refractivity contribution is 5.48. The molecule has 0 spiro atoms. The van der Waals surface area contributed by atoms with Gasteiger partial charge in [0, 0.05) is 12.3 Å². The first kappa shape index (κ1) is 13.4. The molecule has 4 nitrogen and oxygen atoms in total. The first-order chi connectivity index (χ1) is 9.92. The molecule has 1 aliphatic rings. The lowest BCUT2D eigenvalue weighted by molar-refractivity contribution is 0.215. The predicted octanol–water partition coefficient (Wildman–Crippen LogP) is 2.98. The van der Waals surface area contributed by atoms with Gasteiger partial charge in [0.25, 0.3) is 0 Å². The standard InChI is InChI=1S/C16H23N3O/c1-3-9-18(10-4-1)11-6-7-13-20-16-14-15-8-2-5-12-19(15)17-16/h2,5,8,12,14H,1,3-4,6-7,9-11,13H2. The van der Waals surface area contributed by atoms with Gasteiger partial charge < -0.3 is 9.64 Å². The first-order valence-electron chi connectivity index (χ1n) is 7.71. The molecule has 0 radical (unpaired) electrons. The minimum Gasteiger partial charge on any atom is -0.477 e. The highest BCUT2D eigenvalue weighted by Gasteiger charge is 2.09. The van der Waals surface area contributed by atoms with Crippen molar-refractivity contribution >= 4 is 5.52 Å². The van der Waals surface area contributed by atoms with Crippen LogP contribution < -0.4 is 4.74 Å². The maximum absolute atomic E-state index is 5.73. The van der Waals surface area contributed by atoms with E-state index in [0.29, 0.717) is 0 Å². The third-order valence-electron chi connectivity index (χ3n) is 3.91. The summed E-state index contributed by atoms with van der Waals surface area (Å²) < 4.78 is 7.58. The molecule has 0 aromatic carbocycles. The summed E-state index contributed by atoms with van der Waals surface area (Å²) >= 11 is 0. The van der Waals surface area contributed by atoms with Crippen LogP contribution in [0.1, 0.15) is 32.1 Å². The summed E-state index contributed by atoms with van der Waals surface area (Å²) in [5.74, 6) is 0.731. The van der Waals surface area contributed by atoms with Gasteiger partial charge in [0.15, 0.2) is 0 Å². The Kier molecular flexibility index (Phi) is 4.53. The van der Waals surface area contributed by atoms with E-state index in [9.17, 15) is 0 Å². The topological polar surface area (TPSA) is 29.8 Å². The summed E-state index contributed by atoms with van der Waals surface area (Å²) in [4.78, 5) is 2.58. The molecule has 0 saturated carbocycles. The predicted molar refractivity (Wildman–Crippen MR) is 80.2 cm³/mol. The van der Waals surface area contributed by atoms with E-state index >= 15 is 0 Å². The second kappa shape index (κ2) is 6.75. The molecule has 0 unspecified atom stereocenters. The van der Waals surface area contributed by atoms with Crippen LogP contribution in [0.15, 0.2) is 30.5 Å². The molecule has 2 aromatic heterocycles. The van der Waals surface area contributed by atoms with Gasteiger partial charge in [-0.15, -0.1) is 5.10 Å². The van der Waals surface area contributed by atoms with Gasteiger partial charge in [-0.3, -0.25) is 0 Å². The van der Waals surface area contributed by atoms with Gasteiger partial charge in [-0.05, 0) is 57.5 Å². The van der Waals surface area contributed by atoms with Gasteiger partial charge in [0.2, 0.25) is 5.88 Å². The zero-order valence-electron chi connectivity index (χ0n) is 12.0. The Morgan fingerprint density at radius 2 is 2.00 bits per heavy atom. The summed E-state index contributed by atoms with van der Waals surface area (Å²) in [6, 6.07) is 8.02. The van der Waals surface area contributed by atoms with Gasteiger partial charge >= 0.3 is 0 Å². The van der Waals surface area contributed by atoms with Crippen LogP contribution in [-0.4, -0.2) is 40.8 Å². The second-order valence-electron chi connectivity index (χ2n) is 5.51. The molecule has 0 N–H and O–H groups in total. The number of likely N-dealkylation sites (tertiary alicyclic amines) is 1. The molecule has 0 atom stereocenters. The molecule has 1 fully saturated rings. The lowest BCUT2D eigenvalue weighted by Gasteiger charge is -2.26. The summed E-state index contributed by atoms with van der Waals surface area (Å²) in [6.07, 6.45) is 8.42. The summed E-state index contributed by atoms with van der Waals surface area (Å²) in [7, 11) is 0. The SMILES string of the molecule is c1ccn2nc(OCCCCN3CCCCC3)cc2c1. The molecule has 20 heavy (non-hydrogen) atoms. The molecule has 1 aliphatic heterocycles. The minimum atomic E-state index is 0.731. The van der Waals surface area contributed by atoms with E-state index < -0.39 is 0 Å². The van der Waals surface area contributed by atoms with Gasteiger partial charge in [-0.1, -0.05) is 12.5 Å². The molecular formula is C16H23N3O. The van der Waals surface area contributed by atoms with Crippen LogP contribution in [0.25, 0.3) is 5.52 Å². The smallest absolute Gasteiger partial charge is 0.233 e. The van der Waals surface area contributed by atoms with E-state index in [-0.39, 0.29) is 0 Å². The molecule has 108 valence electrons. The number of fused-ring (bicyclic) bond motifs is 1. The van der Waals surface area contributed by atoms with Crippen molar-refractivity contribution in [3.8, 4) is 5.88 Å². The molecule has 3 heterocycles. The third kappa shape index (κ3) is 3.51. The van der Waals surface area contributed by atoms with Gasteiger partial charge in [0.05, 0.1) is 12.1 Å². The van der Waals surface area contributed by atoms with Crippen LogP contribution in [0.3, 0.4) is 0 Å². The lowest BCUT2D eigenvalue weighted by Crippen LogP contribution is -2.30. The summed E-state index contributed by atoms with van der Waals surface area (Å²) in [5, 5.41) is 4.38. The number of aromatic nitrogens is 2. The van der Waals surface area contributed by atoms with Gasteiger partial charge in [0.1, 0.15) is 0 Å². The Morgan fingerprint density at radius 3 is 2.85 bits per heavy atom. The van der Waals surface area contributed by atoms with E-state index in [1.165, 1.54) is 45.3 Å². The molecule has 3 rings (SSSR count). The summed E-state index contributed by atoms with van der Waals surface area (Å²) in [5.41, 5.74) is 1.08. The lowest BCUT2D eigenvalue weighted by atomic mass is 10.1. The van der Waals surface area contributed by atoms with E-state index in [0.717, 1.165) is 24.4 Å². The Balaban J connectivity index is 1.37. The average Bonchev–Trinajstić information content (AvgIpc) is 2.90. The third-order valence-corrected chi connectivity index (χ3v) is 3.91. The Hall–Kier alpha value is -1.55. The number of nitrogens with zero attached hydrogens (tertiary/aromatic N) is 3. The van der Waals surface area contributed by atoms with Gasteiger partial charge in [-0.25, -0.2) is 4.52 Å². The molecule has 0 aliphatic carbocycles. The quantitative estimate of drug-likeness (QED) is 0.758. The molecule has 0 amide bonds.